The molecule has 138 valence electrons. The number of carbonyl (C=O) groups is 1. The Morgan fingerprint density at radius 2 is 2.15 bits per heavy atom. The first kappa shape index (κ1) is 17.9. The highest BCUT2D eigenvalue weighted by molar-refractivity contribution is 5.92. The number of aromatic nitrogens is 1. The van der Waals surface area contributed by atoms with Gasteiger partial charge in [0.1, 0.15) is 11.6 Å². The molecule has 2 heterocycles. The predicted molar refractivity (Wildman–Crippen MR) is 93.3 cm³/mol. The summed E-state index contributed by atoms with van der Waals surface area (Å²) in [5.41, 5.74) is -0.859. The fourth-order valence-electron chi connectivity index (χ4n) is 3.28. The van der Waals surface area contributed by atoms with Crippen LogP contribution in [0.15, 0.2) is 23.0 Å². The molecule has 0 bridgehead atoms. The lowest BCUT2D eigenvalue weighted by Gasteiger charge is -2.19. The van der Waals surface area contributed by atoms with Gasteiger partial charge in [0.25, 0.3) is 5.56 Å². The molecule has 1 aromatic heterocycles. The van der Waals surface area contributed by atoms with Gasteiger partial charge in [0, 0.05) is 29.9 Å². The zero-order valence-corrected chi connectivity index (χ0v) is 14.1. The van der Waals surface area contributed by atoms with Crippen LogP contribution >= 0.6 is 0 Å². The minimum Gasteiger partial charge on any atom is -0.506 e. The quantitative estimate of drug-likeness (QED) is 0.659. The second-order valence-electron chi connectivity index (χ2n) is 6.24. The number of aromatic carboxylic acids is 1. The summed E-state index contributed by atoms with van der Waals surface area (Å²) in [6.45, 7) is 2.70. The first-order chi connectivity index (χ1) is 12.3. The van der Waals surface area contributed by atoms with Gasteiger partial charge >= 0.3 is 5.97 Å². The number of hydrogen-bond acceptors (Lipinski definition) is 5. The number of anilines is 1. The minimum absolute atomic E-state index is 0.0607. The van der Waals surface area contributed by atoms with Gasteiger partial charge in [0.2, 0.25) is 0 Å². The number of H-pyrrole nitrogens is 1. The van der Waals surface area contributed by atoms with Crippen LogP contribution in [0.25, 0.3) is 11.3 Å². The molecular weight excluding hydrogens is 343 g/mol. The molecule has 1 atom stereocenters. The summed E-state index contributed by atoms with van der Waals surface area (Å²) in [5, 5.41) is 28.9. The molecular formula is C18H19FN2O5. The summed E-state index contributed by atoms with van der Waals surface area (Å²) in [5.74, 6) is -2.81. The third-order valence-electron chi connectivity index (χ3n) is 4.61. The van der Waals surface area contributed by atoms with Gasteiger partial charge < -0.3 is 25.2 Å². The molecule has 1 aliphatic rings. The lowest BCUT2D eigenvalue weighted by Crippen LogP contribution is -2.21. The van der Waals surface area contributed by atoms with Crippen LogP contribution in [0.4, 0.5) is 10.1 Å². The molecule has 0 radical (unpaired) electrons. The van der Waals surface area contributed by atoms with Gasteiger partial charge in [0.05, 0.1) is 11.8 Å². The van der Waals surface area contributed by atoms with Gasteiger partial charge in [-0.3, -0.25) is 4.79 Å². The van der Waals surface area contributed by atoms with Crippen LogP contribution in [0, 0.1) is 5.82 Å². The molecule has 2 aromatic rings. The van der Waals surface area contributed by atoms with Gasteiger partial charge in [-0.05, 0) is 31.0 Å². The molecule has 7 nitrogen and oxygen atoms in total. The number of rotatable bonds is 4. The largest absolute Gasteiger partial charge is 0.506 e. The summed E-state index contributed by atoms with van der Waals surface area (Å²) in [6, 6.07) is 4.43. The fraction of sp³-hybridized carbons (Fsp3) is 0.333. The van der Waals surface area contributed by atoms with Crippen molar-refractivity contribution in [2.24, 2.45) is 0 Å². The van der Waals surface area contributed by atoms with Crippen LogP contribution < -0.4 is 10.5 Å². The van der Waals surface area contributed by atoms with Crippen molar-refractivity contribution in [1.82, 2.24) is 4.98 Å². The lowest BCUT2D eigenvalue weighted by atomic mass is 10.00. The van der Waals surface area contributed by atoms with Crippen molar-refractivity contribution in [3.63, 3.8) is 0 Å². The molecule has 8 heteroatoms. The molecule has 0 aliphatic carbocycles. The minimum atomic E-state index is -1.55. The van der Waals surface area contributed by atoms with Crippen molar-refractivity contribution < 1.29 is 24.5 Å². The van der Waals surface area contributed by atoms with E-state index < -0.39 is 34.8 Å². The first-order valence-electron chi connectivity index (χ1n) is 8.27. The summed E-state index contributed by atoms with van der Waals surface area (Å²) < 4.78 is 14.7. The third kappa shape index (κ3) is 3.03. The summed E-state index contributed by atoms with van der Waals surface area (Å²) >= 11 is 0. The van der Waals surface area contributed by atoms with Crippen molar-refractivity contribution in [3.05, 3.63) is 45.5 Å². The number of halogens is 1. The predicted octanol–water partition coefficient (Wildman–Crippen LogP) is 1.72. The van der Waals surface area contributed by atoms with Crippen LogP contribution in [-0.4, -0.2) is 45.5 Å². The molecule has 0 spiro atoms. The maximum Gasteiger partial charge on any atom is 0.345 e. The van der Waals surface area contributed by atoms with E-state index in [1.165, 1.54) is 12.1 Å². The third-order valence-corrected chi connectivity index (χ3v) is 4.61. The number of hydrogen-bond donors (Lipinski definition) is 4. The summed E-state index contributed by atoms with van der Waals surface area (Å²) in [4.78, 5) is 27.4. The average Bonchev–Trinajstić information content (AvgIpc) is 3.00. The molecule has 26 heavy (non-hydrogen) atoms. The van der Waals surface area contributed by atoms with Gasteiger partial charge in [-0.2, -0.15) is 0 Å². The molecule has 0 saturated carbocycles. The van der Waals surface area contributed by atoms with E-state index in [0.29, 0.717) is 25.2 Å². The Kier molecular flexibility index (Phi) is 4.69. The van der Waals surface area contributed by atoms with Crippen molar-refractivity contribution >= 4 is 11.7 Å². The molecule has 1 aromatic carbocycles. The smallest absolute Gasteiger partial charge is 0.345 e. The number of carboxylic acid groups (broad SMARTS) is 1. The topological polar surface area (TPSA) is 114 Å². The highest BCUT2D eigenvalue weighted by Crippen LogP contribution is 2.33. The van der Waals surface area contributed by atoms with Gasteiger partial charge in [-0.15, -0.1) is 0 Å². The number of aliphatic hydroxyl groups is 1. The van der Waals surface area contributed by atoms with Crippen molar-refractivity contribution in [2.45, 2.75) is 25.9 Å². The Balaban J connectivity index is 2.09. The van der Waals surface area contributed by atoms with E-state index >= 15 is 0 Å². The van der Waals surface area contributed by atoms with Crippen LogP contribution in [0.5, 0.6) is 5.75 Å². The van der Waals surface area contributed by atoms with Gasteiger partial charge in [-0.25, -0.2) is 9.18 Å². The Morgan fingerprint density at radius 1 is 1.42 bits per heavy atom. The number of carboxylic acids is 1. The Hall–Kier alpha value is -2.87. The van der Waals surface area contributed by atoms with E-state index in [2.05, 4.69) is 4.98 Å². The number of pyridine rings is 1. The Morgan fingerprint density at radius 3 is 2.69 bits per heavy atom. The van der Waals surface area contributed by atoms with Crippen molar-refractivity contribution in [1.29, 1.82) is 0 Å². The van der Waals surface area contributed by atoms with Gasteiger partial charge in [-0.1, -0.05) is 6.92 Å². The molecule has 0 unspecified atom stereocenters. The van der Waals surface area contributed by atoms with Crippen LogP contribution in [0.3, 0.4) is 0 Å². The number of aliphatic hydroxyl groups excluding tert-OH is 1. The second kappa shape index (κ2) is 6.80. The number of benzene rings is 1. The molecule has 3 rings (SSSR count). The highest BCUT2D eigenvalue weighted by Gasteiger charge is 2.24. The SMILES string of the molecule is CCc1c(-c2ccc(N3CC[C@@H](O)C3)cc2F)[nH]c(=O)c(C(=O)O)c1O. The second-order valence-corrected chi connectivity index (χ2v) is 6.24. The van der Waals surface area contributed by atoms with Crippen molar-refractivity contribution in [2.75, 3.05) is 18.0 Å². The van der Waals surface area contributed by atoms with Crippen molar-refractivity contribution in [3.8, 4) is 17.0 Å². The van der Waals surface area contributed by atoms with Crippen LogP contribution in [0.2, 0.25) is 0 Å². The zero-order valence-electron chi connectivity index (χ0n) is 14.1. The molecule has 1 aliphatic heterocycles. The van der Waals surface area contributed by atoms with E-state index in [-0.39, 0.29) is 23.2 Å². The van der Waals surface area contributed by atoms with E-state index in [0.717, 1.165) is 0 Å². The normalized spacial score (nSPS) is 16.9. The maximum atomic E-state index is 14.7. The fourth-order valence-corrected chi connectivity index (χ4v) is 3.28. The zero-order chi connectivity index (χ0) is 19.0. The maximum absolute atomic E-state index is 14.7. The van der Waals surface area contributed by atoms with Gasteiger partial charge in [0.15, 0.2) is 5.56 Å². The Bertz CT molecular complexity index is 925. The van der Waals surface area contributed by atoms with Crippen LogP contribution in [-0.2, 0) is 6.42 Å². The van der Waals surface area contributed by atoms with Crippen LogP contribution in [0.1, 0.15) is 29.3 Å². The van der Waals surface area contributed by atoms with E-state index in [9.17, 15) is 24.2 Å². The van der Waals surface area contributed by atoms with E-state index in [1.807, 2.05) is 4.90 Å². The molecule has 1 saturated heterocycles. The number of nitrogens with one attached hydrogen (secondary N) is 1. The number of aromatic amines is 1. The van der Waals surface area contributed by atoms with E-state index in [1.54, 1.807) is 13.0 Å². The molecule has 4 N–H and O–H groups in total. The first-order valence-corrected chi connectivity index (χ1v) is 8.27. The Labute approximate surface area is 148 Å². The summed E-state index contributed by atoms with van der Waals surface area (Å²) in [7, 11) is 0. The molecule has 0 amide bonds. The average molecular weight is 362 g/mol. The number of aromatic hydroxyl groups is 1. The monoisotopic (exact) mass is 362 g/mol. The number of nitrogens with zero attached hydrogens (tertiary/aromatic N) is 1. The number of β-amino-alcohol motifs (C(OH)–C–C–N with tert-alkyl or cyclic N) is 1. The highest BCUT2D eigenvalue weighted by atomic mass is 19.1. The summed E-state index contributed by atoms with van der Waals surface area (Å²) in [6.07, 6.45) is 0.375. The standard InChI is InChI=1S/C18H19FN2O5/c1-2-11-15(20-17(24)14(16(11)23)18(25)26)12-4-3-9(7-13(12)19)21-6-5-10(22)8-21/h3-4,7,10,22H,2,5-6,8H2,1H3,(H,25,26)(H2,20,23,24)/t10-/m1/s1. The molecule has 1 fully saturated rings. The lowest BCUT2D eigenvalue weighted by molar-refractivity contribution is 0.0691. The van der Waals surface area contributed by atoms with E-state index in [4.69, 9.17) is 5.11 Å².